The van der Waals surface area contributed by atoms with Crippen molar-refractivity contribution in [3.05, 3.63) is 48.0 Å². The van der Waals surface area contributed by atoms with Gasteiger partial charge < -0.3 is 20.5 Å². The van der Waals surface area contributed by atoms with E-state index < -0.39 is 29.5 Å². The maximum Gasteiger partial charge on any atom is 0.232 e. The Morgan fingerprint density at radius 1 is 1.17 bits per heavy atom. The van der Waals surface area contributed by atoms with Gasteiger partial charge in [0, 0.05) is 24.6 Å². The number of aliphatic imine (C=N–C) groups is 1. The molecule has 186 valence electrons. The summed E-state index contributed by atoms with van der Waals surface area (Å²) < 4.78 is 52.6. The van der Waals surface area contributed by atoms with Gasteiger partial charge in [0.15, 0.2) is 11.0 Å². The molecule has 2 aromatic heterocycles. The minimum absolute atomic E-state index is 0.0151. The van der Waals surface area contributed by atoms with E-state index in [-0.39, 0.29) is 17.2 Å². The maximum absolute atomic E-state index is 15.0. The van der Waals surface area contributed by atoms with Crippen LogP contribution in [0.25, 0.3) is 11.0 Å². The number of nitrogens with zero attached hydrogens (tertiary/aromatic N) is 4. The number of nitrogens with one attached hydrogen (secondary N) is 1. The van der Waals surface area contributed by atoms with Crippen LogP contribution in [0.3, 0.4) is 0 Å². The van der Waals surface area contributed by atoms with E-state index in [1.54, 1.807) is 26.3 Å². The summed E-state index contributed by atoms with van der Waals surface area (Å²) in [5.74, 6) is 0.0321. The van der Waals surface area contributed by atoms with E-state index in [1.807, 2.05) is 0 Å². The van der Waals surface area contributed by atoms with Crippen molar-refractivity contribution in [2.24, 2.45) is 10.7 Å². The van der Waals surface area contributed by atoms with Crippen LogP contribution >= 0.6 is 11.8 Å². The van der Waals surface area contributed by atoms with Crippen LogP contribution in [0.4, 0.5) is 24.7 Å². The Labute approximate surface area is 204 Å². The second-order valence-electron chi connectivity index (χ2n) is 8.37. The van der Waals surface area contributed by atoms with Crippen molar-refractivity contribution in [2.45, 2.75) is 23.6 Å². The summed E-state index contributed by atoms with van der Waals surface area (Å²) in [7, 11) is 1.57. The molecule has 0 saturated heterocycles. The van der Waals surface area contributed by atoms with E-state index in [4.69, 9.17) is 15.2 Å². The Balaban J connectivity index is 1.67. The number of alkyl halides is 2. The number of rotatable bonds is 9. The topological polar surface area (TPSA) is 108 Å². The van der Waals surface area contributed by atoms with Crippen LogP contribution in [-0.2, 0) is 10.3 Å². The molecule has 4 rings (SSSR count). The SMILES string of the molecule is COCCOc1cnc2c(Nc3ccc(F)c([C@]4(CF)C[C@](C)(CF)SC(N)=N4)c3)nccc2n1. The van der Waals surface area contributed by atoms with E-state index >= 15 is 0 Å². The summed E-state index contributed by atoms with van der Waals surface area (Å²) in [6.07, 6.45) is 2.96. The second-order valence-corrected chi connectivity index (χ2v) is 9.98. The molecule has 0 amide bonds. The highest BCUT2D eigenvalue weighted by Crippen LogP contribution is 2.47. The number of fused-ring (bicyclic) bond motifs is 1. The van der Waals surface area contributed by atoms with Crippen molar-refractivity contribution in [2.75, 3.05) is 39.0 Å². The predicted octanol–water partition coefficient (Wildman–Crippen LogP) is 4.28. The molecule has 0 saturated carbocycles. The Morgan fingerprint density at radius 2 is 2.00 bits per heavy atom. The molecular weight excluding hydrogens is 481 g/mol. The normalized spacial score (nSPS) is 22.1. The largest absolute Gasteiger partial charge is 0.474 e. The second kappa shape index (κ2) is 10.2. The third-order valence-corrected chi connectivity index (χ3v) is 6.60. The zero-order chi connectivity index (χ0) is 25.1. The molecule has 1 aliphatic rings. The molecule has 1 aliphatic heterocycles. The number of ether oxygens (including phenoxy) is 2. The molecular formula is C23H25F3N6O2S. The molecule has 8 nitrogen and oxygen atoms in total. The molecule has 12 heteroatoms. The van der Waals surface area contributed by atoms with Crippen molar-refractivity contribution in [3.8, 4) is 5.88 Å². The number of hydrogen-bond donors (Lipinski definition) is 2. The fraction of sp³-hybridized carbons (Fsp3) is 0.391. The zero-order valence-electron chi connectivity index (χ0n) is 19.2. The summed E-state index contributed by atoms with van der Waals surface area (Å²) in [6, 6.07) is 5.81. The molecule has 0 fully saturated rings. The van der Waals surface area contributed by atoms with Gasteiger partial charge in [-0.2, -0.15) is 0 Å². The minimum Gasteiger partial charge on any atom is -0.474 e. The molecule has 0 unspecified atom stereocenters. The van der Waals surface area contributed by atoms with Crippen LogP contribution in [-0.4, -0.2) is 58.5 Å². The highest BCUT2D eigenvalue weighted by molar-refractivity contribution is 8.15. The summed E-state index contributed by atoms with van der Waals surface area (Å²) in [4.78, 5) is 17.3. The number of benzene rings is 1. The van der Waals surface area contributed by atoms with E-state index in [1.165, 1.54) is 24.4 Å². The average molecular weight is 507 g/mol. The first kappa shape index (κ1) is 25.0. The number of amidine groups is 1. The molecule has 3 N–H and O–H groups in total. The lowest BCUT2D eigenvalue weighted by Gasteiger charge is -2.40. The monoisotopic (exact) mass is 506 g/mol. The molecule has 1 aromatic carbocycles. The van der Waals surface area contributed by atoms with Crippen LogP contribution in [0.5, 0.6) is 5.88 Å². The standard InChI is InChI=1S/C23H25F3N6O2S/c1-22(12-24)11-23(13-25,32-21(27)35-22)15-9-14(3-4-16(15)26)30-20-19-17(5-6-28-20)31-18(10-29-19)34-8-7-33-2/h3-6,9-10H,7-8,11-13H2,1-2H3,(H2,27,32)(H,28,30)/t22-,23-/m1/s1. The summed E-state index contributed by atoms with van der Waals surface area (Å²) >= 11 is 1.03. The number of pyridine rings is 1. The summed E-state index contributed by atoms with van der Waals surface area (Å²) in [5.41, 5.74) is 5.64. The number of nitrogens with two attached hydrogens (primary N) is 1. The molecule has 2 atom stereocenters. The van der Waals surface area contributed by atoms with Gasteiger partial charge in [0.25, 0.3) is 0 Å². The number of anilines is 2. The van der Waals surface area contributed by atoms with Crippen LogP contribution in [0.15, 0.2) is 41.7 Å². The Morgan fingerprint density at radius 3 is 2.74 bits per heavy atom. The van der Waals surface area contributed by atoms with Gasteiger partial charge in [0.1, 0.15) is 36.8 Å². The molecule has 0 aliphatic carbocycles. The van der Waals surface area contributed by atoms with Crippen molar-refractivity contribution < 1.29 is 22.6 Å². The predicted molar refractivity (Wildman–Crippen MR) is 130 cm³/mol. The molecule has 0 bridgehead atoms. The van der Waals surface area contributed by atoms with E-state index in [9.17, 15) is 13.2 Å². The number of halogens is 3. The quantitative estimate of drug-likeness (QED) is 0.414. The van der Waals surface area contributed by atoms with Crippen molar-refractivity contribution in [1.82, 2.24) is 15.0 Å². The highest BCUT2D eigenvalue weighted by Gasteiger charge is 2.46. The molecule has 0 radical (unpaired) electrons. The number of thioether (sulfide) groups is 1. The lowest BCUT2D eigenvalue weighted by molar-refractivity contribution is 0.143. The molecule has 3 aromatic rings. The van der Waals surface area contributed by atoms with Gasteiger partial charge in [-0.15, -0.1) is 0 Å². The summed E-state index contributed by atoms with van der Waals surface area (Å²) in [5, 5.41) is 3.11. The molecule has 0 spiro atoms. The summed E-state index contributed by atoms with van der Waals surface area (Å²) in [6.45, 7) is 0.568. The number of methoxy groups -OCH3 is 1. The van der Waals surface area contributed by atoms with Crippen LogP contribution in [0, 0.1) is 5.82 Å². The first-order valence-corrected chi connectivity index (χ1v) is 11.6. The van der Waals surface area contributed by atoms with Crippen molar-refractivity contribution >= 4 is 39.5 Å². The third-order valence-electron chi connectivity index (χ3n) is 5.55. The van der Waals surface area contributed by atoms with Crippen LogP contribution in [0.2, 0.25) is 0 Å². The first-order chi connectivity index (χ1) is 16.8. The number of aromatic nitrogens is 3. The Hall–Kier alpha value is -3.12. The van der Waals surface area contributed by atoms with Gasteiger partial charge in [0.2, 0.25) is 5.88 Å². The Bertz CT molecular complexity index is 1250. The van der Waals surface area contributed by atoms with Crippen LogP contribution in [0.1, 0.15) is 18.9 Å². The van der Waals surface area contributed by atoms with Gasteiger partial charge in [-0.25, -0.2) is 33.1 Å². The number of hydrogen-bond acceptors (Lipinski definition) is 9. The lowest BCUT2D eigenvalue weighted by Crippen LogP contribution is -2.44. The lowest BCUT2D eigenvalue weighted by atomic mass is 9.82. The fourth-order valence-corrected chi connectivity index (χ4v) is 5.07. The maximum atomic E-state index is 15.0. The smallest absolute Gasteiger partial charge is 0.232 e. The molecule has 35 heavy (non-hydrogen) atoms. The zero-order valence-corrected chi connectivity index (χ0v) is 20.0. The first-order valence-electron chi connectivity index (χ1n) is 10.8. The van der Waals surface area contributed by atoms with Gasteiger partial charge in [-0.3, -0.25) is 0 Å². The van der Waals surface area contributed by atoms with E-state index in [2.05, 4.69) is 25.3 Å². The van der Waals surface area contributed by atoms with E-state index in [0.29, 0.717) is 41.6 Å². The Kier molecular flexibility index (Phi) is 7.31. The van der Waals surface area contributed by atoms with Gasteiger partial charge in [0.05, 0.1) is 23.1 Å². The minimum atomic E-state index is -1.64. The third kappa shape index (κ3) is 5.27. The highest BCUT2D eigenvalue weighted by atomic mass is 32.2. The van der Waals surface area contributed by atoms with E-state index in [0.717, 1.165) is 11.8 Å². The fourth-order valence-electron chi connectivity index (χ4n) is 3.98. The van der Waals surface area contributed by atoms with Gasteiger partial charge in [-0.1, -0.05) is 11.8 Å². The average Bonchev–Trinajstić information content (AvgIpc) is 2.85. The van der Waals surface area contributed by atoms with Crippen molar-refractivity contribution in [1.29, 1.82) is 0 Å². The van der Waals surface area contributed by atoms with Crippen molar-refractivity contribution in [3.63, 3.8) is 0 Å². The van der Waals surface area contributed by atoms with Gasteiger partial charge in [-0.05, 0) is 37.6 Å². The van der Waals surface area contributed by atoms with Crippen LogP contribution < -0.4 is 15.8 Å². The van der Waals surface area contributed by atoms with Gasteiger partial charge >= 0.3 is 0 Å². The molecule has 3 heterocycles.